The minimum absolute atomic E-state index is 0.337. The molecule has 1 saturated heterocycles. The summed E-state index contributed by atoms with van der Waals surface area (Å²) in [7, 11) is 0. The van der Waals surface area contributed by atoms with Gasteiger partial charge in [0.2, 0.25) is 0 Å². The molecule has 1 aromatic carbocycles. The number of benzene rings is 1. The van der Waals surface area contributed by atoms with E-state index in [1.54, 1.807) is 12.1 Å². The third-order valence-electron chi connectivity index (χ3n) is 4.00. The molecule has 0 bridgehead atoms. The van der Waals surface area contributed by atoms with Gasteiger partial charge in [-0.2, -0.15) is 4.99 Å². The third-order valence-corrected chi connectivity index (χ3v) is 4.74. The minimum Gasteiger partial charge on any atom is -0.465 e. The van der Waals surface area contributed by atoms with Gasteiger partial charge in [-0.05, 0) is 30.7 Å². The Kier molecular flexibility index (Phi) is 7.54. The fourth-order valence-electron chi connectivity index (χ4n) is 2.47. The molecule has 1 fully saturated rings. The van der Waals surface area contributed by atoms with Crippen molar-refractivity contribution in [3.63, 3.8) is 0 Å². The smallest absolute Gasteiger partial charge is 0.295 e. The predicted octanol–water partition coefficient (Wildman–Crippen LogP) is 3.80. The number of amidine groups is 1. The molecule has 0 radical (unpaired) electrons. The van der Waals surface area contributed by atoms with Gasteiger partial charge >= 0.3 is 0 Å². The Morgan fingerprint density at radius 3 is 2.44 bits per heavy atom. The predicted molar refractivity (Wildman–Crippen MR) is 103 cm³/mol. The van der Waals surface area contributed by atoms with Crippen LogP contribution >= 0.6 is 23.2 Å². The molecule has 0 N–H and O–H groups in total. The summed E-state index contributed by atoms with van der Waals surface area (Å²) >= 11 is 11.9. The molecule has 0 aliphatic carbocycles. The lowest BCUT2D eigenvalue weighted by Gasteiger charge is -2.35. The maximum absolute atomic E-state index is 12.5. The summed E-state index contributed by atoms with van der Waals surface area (Å²) in [5, 5.41) is 0.748. The molecule has 0 aromatic heterocycles. The molecule has 1 amide bonds. The number of hydrogen-bond acceptors (Lipinski definition) is 3. The van der Waals surface area contributed by atoms with E-state index in [0.29, 0.717) is 34.2 Å². The van der Waals surface area contributed by atoms with Crippen LogP contribution in [0.1, 0.15) is 31.1 Å². The molecule has 7 heteroatoms. The molecule has 5 nitrogen and oxygen atoms in total. The molecule has 1 aliphatic heterocycles. The molecule has 1 heterocycles. The van der Waals surface area contributed by atoms with Gasteiger partial charge in [-0.1, -0.05) is 44.0 Å². The largest absolute Gasteiger partial charge is 0.465 e. The Morgan fingerprint density at radius 1 is 1.20 bits per heavy atom. The fourth-order valence-corrected chi connectivity index (χ4v) is 2.77. The Morgan fingerprint density at radius 2 is 1.88 bits per heavy atom. The van der Waals surface area contributed by atoms with Crippen LogP contribution in [0.2, 0.25) is 10.0 Å². The van der Waals surface area contributed by atoms with Gasteiger partial charge in [0.05, 0.1) is 16.7 Å². The van der Waals surface area contributed by atoms with E-state index in [1.165, 1.54) is 6.07 Å². The highest BCUT2D eigenvalue weighted by Gasteiger charge is 2.22. The second kappa shape index (κ2) is 9.41. The Bertz CT molecular complexity index is 627. The van der Waals surface area contributed by atoms with Gasteiger partial charge in [-0.15, -0.1) is 0 Å². The van der Waals surface area contributed by atoms with Crippen LogP contribution in [0.25, 0.3) is 0 Å². The van der Waals surface area contributed by atoms with Crippen LogP contribution in [0.15, 0.2) is 23.2 Å². The summed E-state index contributed by atoms with van der Waals surface area (Å²) in [6, 6.07) is 5.14. The highest BCUT2D eigenvalue weighted by atomic mass is 35.5. The number of carbonyl (C=O) groups is 1. The van der Waals surface area contributed by atoms with E-state index in [1.807, 2.05) is 4.90 Å². The van der Waals surface area contributed by atoms with Crippen molar-refractivity contribution in [2.24, 2.45) is 10.9 Å². The highest BCUT2D eigenvalue weighted by Crippen LogP contribution is 2.23. The maximum Gasteiger partial charge on any atom is 0.295 e. The number of hydrogen-bond donors (Lipinski definition) is 0. The number of nitrogens with zero attached hydrogens (tertiary/aromatic N) is 3. The van der Waals surface area contributed by atoms with Gasteiger partial charge in [0, 0.05) is 31.7 Å². The molecular weight excluding hydrogens is 361 g/mol. The second-order valence-electron chi connectivity index (χ2n) is 6.45. The lowest BCUT2D eigenvalue weighted by atomic mass is 10.2. The van der Waals surface area contributed by atoms with Crippen LogP contribution in [0.4, 0.5) is 0 Å². The molecule has 0 atom stereocenters. The van der Waals surface area contributed by atoms with Gasteiger partial charge in [-0.25, -0.2) is 0 Å². The summed E-state index contributed by atoms with van der Waals surface area (Å²) in [6.07, 6.45) is 0. The number of amides is 1. The quantitative estimate of drug-likeness (QED) is 0.583. The van der Waals surface area contributed by atoms with Crippen molar-refractivity contribution in [2.75, 3.05) is 39.3 Å². The molecule has 0 unspecified atom stereocenters. The summed E-state index contributed by atoms with van der Waals surface area (Å²) < 4.78 is 5.84. The molecule has 1 aliphatic rings. The van der Waals surface area contributed by atoms with Crippen molar-refractivity contribution < 1.29 is 9.53 Å². The third kappa shape index (κ3) is 5.87. The van der Waals surface area contributed by atoms with Crippen molar-refractivity contribution in [3.8, 4) is 0 Å². The number of likely N-dealkylation sites (N-methyl/N-ethyl adjacent to an activating group) is 1. The van der Waals surface area contributed by atoms with E-state index in [4.69, 9.17) is 27.9 Å². The molecule has 1 aromatic rings. The van der Waals surface area contributed by atoms with E-state index in [0.717, 1.165) is 32.7 Å². The number of piperazine rings is 1. The van der Waals surface area contributed by atoms with Gasteiger partial charge in [0.15, 0.2) is 0 Å². The number of halogens is 2. The van der Waals surface area contributed by atoms with Crippen molar-refractivity contribution in [1.82, 2.24) is 9.80 Å². The van der Waals surface area contributed by atoms with Gasteiger partial charge in [0.25, 0.3) is 11.9 Å². The zero-order valence-electron chi connectivity index (χ0n) is 15.0. The summed E-state index contributed by atoms with van der Waals surface area (Å²) in [5.74, 6) is -0.0301. The average Bonchev–Trinajstić information content (AvgIpc) is 2.60. The standard InChI is InChI=1S/C18H25Cl2N3O2/c1-4-22-7-9-23(10-8-22)18(25-12-13(2)3)21-17(24)14-5-6-15(19)16(20)11-14/h5-6,11,13H,4,7-10,12H2,1-3H3. The second-order valence-corrected chi connectivity index (χ2v) is 7.27. The minimum atomic E-state index is -0.379. The SMILES string of the molecule is CCN1CCN(C(=NC(=O)c2ccc(Cl)c(Cl)c2)OCC(C)C)CC1. The lowest BCUT2D eigenvalue weighted by molar-refractivity contribution is 0.0983. The van der Waals surface area contributed by atoms with Crippen LogP contribution in [0, 0.1) is 5.92 Å². The first-order valence-corrected chi connectivity index (χ1v) is 9.34. The van der Waals surface area contributed by atoms with Crippen LogP contribution in [0.5, 0.6) is 0 Å². The first-order valence-electron chi connectivity index (χ1n) is 8.58. The normalized spacial score (nSPS) is 16.4. The fraction of sp³-hybridized carbons (Fsp3) is 0.556. The Hall–Kier alpha value is -1.30. The van der Waals surface area contributed by atoms with Crippen LogP contribution in [-0.2, 0) is 4.74 Å². The van der Waals surface area contributed by atoms with Crippen molar-refractivity contribution >= 4 is 35.1 Å². The van der Waals surface area contributed by atoms with Crippen molar-refractivity contribution in [1.29, 1.82) is 0 Å². The zero-order valence-corrected chi connectivity index (χ0v) is 16.5. The molecule has 0 spiro atoms. The zero-order chi connectivity index (χ0) is 18.4. The van der Waals surface area contributed by atoms with Gasteiger partial charge < -0.3 is 14.5 Å². The van der Waals surface area contributed by atoms with E-state index in [2.05, 4.69) is 30.7 Å². The molecule has 0 saturated carbocycles. The molecular formula is C18H25Cl2N3O2. The monoisotopic (exact) mass is 385 g/mol. The van der Waals surface area contributed by atoms with Crippen LogP contribution in [-0.4, -0.2) is 61.1 Å². The maximum atomic E-state index is 12.5. The first-order chi connectivity index (χ1) is 11.9. The van der Waals surface area contributed by atoms with E-state index >= 15 is 0 Å². The van der Waals surface area contributed by atoms with Crippen LogP contribution in [0.3, 0.4) is 0 Å². The summed E-state index contributed by atoms with van der Waals surface area (Å²) in [6.45, 7) is 11.3. The lowest BCUT2D eigenvalue weighted by Crippen LogP contribution is -2.49. The number of rotatable bonds is 4. The molecule has 25 heavy (non-hydrogen) atoms. The van der Waals surface area contributed by atoms with Crippen LogP contribution < -0.4 is 0 Å². The highest BCUT2D eigenvalue weighted by molar-refractivity contribution is 6.42. The van der Waals surface area contributed by atoms with Crippen molar-refractivity contribution in [2.45, 2.75) is 20.8 Å². The number of aliphatic imine (C=N–C) groups is 1. The van der Waals surface area contributed by atoms with Crippen molar-refractivity contribution in [3.05, 3.63) is 33.8 Å². The van der Waals surface area contributed by atoms with E-state index < -0.39 is 0 Å². The van der Waals surface area contributed by atoms with Gasteiger partial charge in [0.1, 0.15) is 0 Å². The van der Waals surface area contributed by atoms with Gasteiger partial charge in [-0.3, -0.25) is 4.79 Å². The Balaban J connectivity index is 2.16. The number of carbonyl (C=O) groups excluding carboxylic acids is 1. The first kappa shape index (κ1) is 20.0. The topological polar surface area (TPSA) is 45.1 Å². The number of ether oxygens (including phenoxy) is 1. The average molecular weight is 386 g/mol. The summed E-state index contributed by atoms with van der Waals surface area (Å²) in [5.41, 5.74) is 0.396. The summed E-state index contributed by atoms with van der Waals surface area (Å²) in [4.78, 5) is 21.1. The van der Waals surface area contributed by atoms with E-state index in [9.17, 15) is 4.79 Å². The molecule has 138 valence electrons. The van der Waals surface area contributed by atoms with E-state index in [-0.39, 0.29) is 5.91 Å². The Labute approximate surface area is 159 Å². The molecule has 2 rings (SSSR count).